The standard InChI is InChI=1S/C22H21NO4/c1-2-12-27-23-21(15-26-20-9-5-8-19(14-20)22(24)25)18-11-10-16-6-3-4-7-17(16)13-18/h3-11,13-14H,2,12,15H2,1H3,(H,24,25). The number of ether oxygens (including phenoxy) is 1. The van der Waals surface area contributed by atoms with Gasteiger partial charge in [0.25, 0.3) is 0 Å². The second-order valence-electron chi connectivity index (χ2n) is 6.05. The van der Waals surface area contributed by atoms with Crippen LogP contribution in [0.4, 0.5) is 0 Å². The van der Waals surface area contributed by atoms with Crippen LogP contribution in [0.1, 0.15) is 29.3 Å². The summed E-state index contributed by atoms with van der Waals surface area (Å²) in [5.41, 5.74) is 1.73. The van der Waals surface area contributed by atoms with Gasteiger partial charge in [-0.15, -0.1) is 0 Å². The van der Waals surface area contributed by atoms with Gasteiger partial charge in [-0.1, -0.05) is 54.5 Å². The number of fused-ring (bicyclic) bond motifs is 1. The molecule has 5 heteroatoms. The number of benzene rings is 3. The molecule has 0 radical (unpaired) electrons. The fourth-order valence-corrected chi connectivity index (χ4v) is 2.62. The van der Waals surface area contributed by atoms with Crippen molar-refractivity contribution in [1.29, 1.82) is 0 Å². The molecule has 27 heavy (non-hydrogen) atoms. The first kappa shape index (κ1) is 18.5. The van der Waals surface area contributed by atoms with E-state index in [1.54, 1.807) is 12.1 Å². The minimum atomic E-state index is -0.991. The largest absolute Gasteiger partial charge is 0.487 e. The molecule has 0 aliphatic rings. The molecule has 0 saturated heterocycles. The van der Waals surface area contributed by atoms with Crippen molar-refractivity contribution in [2.24, 2.45) is 5.16 Å². The van der Waals surface area contributed by atoms with E-state index < -0.39 is 5.97 Å². The van der Waals surface area contributed by atoms with Crippen molar-refractivity contribution in [2.75, 3.05) is 13.2 Å². The summed E-state index contributed by atoms with van der Waals surface area (Å²) < 4.78 is 5.78. The highest BCUT2D eigenvalue weighted by atomic mass is 16.6. The molecular formula is C22H21NO4. The number of hydrogen-bond acceptors (Lipinski definition) is 4. The summed E-state index contributed by atoms with van der Waals surface area (Å²) in [4.78, 5) is 16.5. The predicted molar refractivity (Wildman–Crippen MR) is 106 cm³/mol. The van der Waals surface area contributed by atoms with Crippen LogP contribution in [0, 0.1) is 0 Å². The molecule has 0 fully saturated rings. The number of hydrogen-bond donors (Lipinski definition) is 1. The number of aromatic carboxylic acids is 1. The summed E-state index contributed by atoms with van der Waals surface area (Å²) in [6, 6.07) is 20.5. The van der Waals surface area contributed by atoms with Gasteiger partial charge < -0.3 is 14.7 Å². The summed E-state index contributed by atoms with van der Waals surface area (Å²) in [6.45, 7) is 2.70. The number of carboxylic acids is 1. The van der Waals surface area contributed by atoms with Gasteiger partial charge in [-0.2, -0.15) is 0 Å². The first-order chi connectivity index (χ1) is 13.2. The van der Waals surface area contributed by atoms with Gasteiger partial charge in [-0.05, 0) is 41.5 Å². The molecule has 0 aliphatic heterocycles. The highest BCUT2D eigenvalue weighted by molar-refractivity contribution is 6.04. The van der Waals surface area contributed by atoms with Gasteiger partial charge in [0.2, 0.25) is 0 Å². The molecule has 5 nitrogen and oxygen atoms in total. The highest BCUT2D eigenvalue weighted by Crippen LogP contribution is 2.18. The number of rotatable bonds is 8. The number of carbonyl (C=O) groups is 1. The van der Waals surface area contributed by atoms with Crippen molar-refractivity contribution < 1.29 is 19.5 Å². The summed E-state index contributed by atoms with van der Waals surface area (Å²) >= 11 is 0. The minimum Gasteiger partial charge on any atom is -0.487 e. The quantitative estimate of drug-likeness (QED) is 0.356. The van der Waals surface area contributed by atoms with Gasteiger partial charge in [0, 0.05) is 5.56 Å². The van der Waals surface area contributed by atoms with E-state index in [9.17, 15) is 4.79 Å². The molecule has 0 atom stereocenters. The number of nitrogens with zero attached hydrogens (tertiary/aromatic N) is 1. The van der Waals surface area contributed by atoms with E-state index in [1.165, 1.54) is 12.1 Å². The van der Waals surface area contributed by atoms with Crippen LogP contribution in [0.5, 0.6) is 5.75 Å². The zero-order valence-corrected chi connectivity index (χ0v) is 15.1. The van der Waals surface area contributed by atoms with E-state index in [1.807, 2.05) is 43.3 Å². The molecule has 0 spiro atoms. The maximum absolute atomic E-state index is 11.1. The molecule has 138 valence electrons. The Morgan fingerprint density at radius 3 is 2.56 bits per heavy atom. The van der Waals surface area contributed by atoms with Crippen LogP contribution in [0.2, 0.25) is 0 Å². The Labute approximate surface area is 157 Å². The van der Waals surface area contributed by atoms with Crippen LogP contribution >= 0.6 is 0 Å². The third-order valence-corrected chi connectivity index (χ3v) is 4.01. The molecule has 3 aromatic carbocycles. The fraction of sp³-hybridized carbons (Fsp3) is 0.182. The third kappa shape index (κ3) is 4.85. The molecule has 3 rings (SSSR count). The third-order valence-electron chi connectivity index (χ3n) is 4.01. The van der Waals surface area contributed by atoms with Crippen LogP contribution in [-0.2, 0) is 4.84 Å². The maximum Gasteiger partial charge on any atom is 0.335 e. The van der Waals surface area contributed by atoms with Gasteiger partial charge in [0.15, 0.2) is 0 Å². The Kier molecular flexibility index (Phi) is 6.05. The average molecular weight is 363 g/mol. The minimum absolute atomic E-state index is 0.172. The first-order valence-corrected chi connectivity index (χ1v) is 8.81. The summed E-state index contributed by atoms with van der Waals surface area (Å²) in [7, 11) is 0. The van der Waals surface area contributed by atoms with Gasteiger partial charge in [0.1, 0.15) is 24.7 Å². The van der Waals surface area contributed by atoms with E-state index in [0.29, 0.717) is 18.1 Å². The van der Waals surface area contributed by atoms with Crippen LogP contribution in [-0.4, -0.2) is 30.0 Å². The average Bonchev–Trinajstić information content (AvgIpc) is 2.70. The molecule has 3 aromatic rings. The van der Waals surface area contributed by atoms with Crippen LogP contribution < -0.4 is 4.74 Å². The van der Waals surface area contributed by atoms with E-state index >= 15 is 0 Å². The predicted octanol–water partition coefficient (Wildman–Crippen LogP) is 4.75. The summed E-state index contributed by atoms with van der Waals surface area (Å²) in [6.07, 6.45) is 0.857. The lowest BCUT2D eigenvalue weighted by Gasteiger charge is -2.11. The summed E-state index contributed by atoms with van der Waals surface area (Å²) in [5.74, 6) is -0.519. The highest BCUT2D eigenvalue weighted by Gasteiger charge is 2.09. The van der Waals surface area contributed by atoms with Crippen LogP contribution in [0.25, 0.3) is 10.8 Å². The zero-order valence-electron chi connectivity index (χ0n) is 15.1. The lowest BCUT2D eigenvalue weighted by atomic mass is 10.0. The van der Waals surface area contributed by atoms with Gasteiger partial charge >= 0.3 is 5.97 Å². The van der Waals surface area contributed by atoms with Crippen molar-refractivity contribution in [1.82, 2.24) is 0 Å². The van der Waals surface area contributed by atoms with Crippen molar-refractivity contribution in [3.63, 3.8) is 0 Å². The number of oxime groups is 1. The Bertz CT molecular complexity index is 965. The topological polar surface area (TPSA) is 68.1 Å². The smallest absolute Gasteiger partial charge is 0.335 e. The normalized spacial score (nSPS) is 11.4. The van der Waals surface area contributed by atoms with Crippen molar-refractivity contribution >= 4 is 22.5 Å². The van der Waals surface area contributed by atoms with Crippen molar-refractivity contribution in [2.45, 2.75) is 13.3 Å². The molecule has 0 aliphatic carbocycles. The van der Waals surface area contributed by atoms with Gasteiger partial charge in [-0.3, -0.25) is 0 Å². The van der Waals surface area contributed by atoms with Crippen molar-refractivity contribution in [3.05, 3.63) is 77.9 Å². The van der Waals surface area contributed by atoms with Crippen LogP contribution in [0.3, 0.4) is 0 Å². The lowest BCUT2D eigenvalue weighted by Crippen LogP contribution is -2.14. The monoisotopic (exact) mass is 363 g/mol. The molecule has 1 N–H and O–H groups in total. The van der Waals surface area contributed by atoms with Crippen LogP contribution in [0.15, 0.2) is 71.9 Å². The molecule has 0 bridgehead atoms. The summed E-state index contributed by atoms with van der Waals surface area (Å²) in [5, 5.41) is 15.6. The maximum atomic E-state index is 11.1. The molecule has 0 aromatic heterocycles. The Morgan fingerprint density at radius 2 is 1.78 bits per heavy atom. The second-order valence-corrected chi connectivity index (χ2v) is 6.05. The molecule has 0 amide bonds. The van der Waals surface area contributed by atoms with E-state index in [4.69, 9.17) is 14.7 Å². The Morgan fingerprint density at radius 1 is 0.963 bits per heavy atom. The van der Waals surface area contributed by atoms with Crippen molar-refractivity contribution in [3.8, 4) is 5.75 Å². The SMILES string of the molecule is CCCON=C(COc1cccc(C(=O)O)c1)c1ccc2ccccc2c1. The Balaban J connectivity index is 1.83. The molecule has 0 unspecified atom stereocenters. The number of carboxylic acid groups (broad SMARTS) is 1. The Hall–Kier alpha value is -3.34. The fourth-order valence-electron chi connectivity index (χ4n) is 2.62. The molecule has 0 saturated carbocycles. The first-order valence-electron chi connectivity index (χ1n) is 8.81. The van der Waals surface area contributed by atoms with Gasteiger partial charge in [-0.25, -0.2) is 4.79 Å². The second kappa shape index (κ2) is 8.85. The lowest BCUT2D eigenvalue weighted by molar-refractivity contribution is 0.0696. The molecular weight excluding hydrogens is 342 g/mol. The van der Waals surface area contributed by atoms with E-state index in [2.05, 4.69) is 11.2 Å². The van der Waals surface area contributed by atoms with Gasteiger partial charge in [0.05, 0.1) is 5.56 Å². The van der Waals surface area contributed by atoms with E-state index in [-0.39, 0.29) is 12.2 Å². The van der Waals surface area contributed by atoms with E-state index in [0.717, 1.165) is 22.8 Å². The zero-order chi connectivity index (χ0) is 19.1. The molecule has 0 heterocycles.